The average Bonchev–Trinajstić information content (AvgIpc) is 3.37. The highest BCUT2D eigenvalue weighted by atomic mass is 32.1. The van der Waals surface area contributed by atoms with Crippen LogP contribution in [0.3, 0.4) is 0 Å². The second-order valence-corrected chi connectivity index (χ2v) is 7.56. The van der Waals surface area contributed by atoms with Gasteiger partial charge in [0, 0.05) is 10.9 Å². The molecule has 2 aromatic heterocycles. The number of hydrogen-bond acceptors (Lipinski definition) is 5. The molecule has 0 unspecified atom stereocenters. The van der Waals surface area contributed by atoms with E-state index in [1.165, 1.54) is 34.4 Å². The Hall–Kier alpha value is -2.44. The minimum atomic E-state index is -0.138. The number of carbonyl (C=O) groups is 1. The van der Waals surface area contributed by atoms with Gasteiger partial charge in [0.25, 0.3) is 0 Å². The lowest BCUT2D eigenvalue weighted by Gasteiger charge is -2.19. The molecule has 0 aliphatic heterocycles. The van der Waals surface area contributed by atoms with E-state index < -0.39 is 0 Å². The van der Waals surface area contributed by atoms with Gasteiger partial charge in [-0.3, -0.25) is 10.1 Å². The van der Waals surface area contributed by atoms with Gasteiger partial charge in [0.05, 0.1) is 12.6 Å². The van der Waals surface area contributed by atoms with Gasteiger partial charge in [0.2, 0.25) is 5.91 Å². The third-order valence-corrected chi connectivity index (χ3v) is 5.58. The second-order valence-electron chi connectivity index (χ2n) is 6.58. The molecule has 1 amide bonds. The molecule has 1 aliphatic rings. The first-order valence-corrected chi connectivity index (χ1v) is 9.68. The van der Waals surface area contributed by atoms with Gasteiger partial charge in [0.15, 0.2) is 5.82 Å². The minimum absolute atomic E-state index is 0.00527. The first-order chi connectivity index (χ1) is 12.7. The molecule has 2 heterocycles. The maximum absolute atomic E-state index is 12.3. The molecule has 0 saturated carbocycles. The number of amides is 1. The molecule has 26 heavy (non-hydrogen) atoms. The Morgan fingerprint density at radius 3 is 2.92 bits per heavy atom. The van der Waals surface area contributed by atoms with Crippen molar-refractivity contribution < 1.29 is 9.32 Å². The van der Waals surface area contributed by atoms with E-state index in [1.807, 2.05) is 6.07 Å². The van der Waals surface area contributed by atoms with Gasteiger partial charge in [0.1, 0.15) is 5.76 Å². The highest BCUT2D eigenvalue weighted by molar-refractivity contribution is 7.10. The summed E-state index contributed by atoms with van der Waals surface area (Å²) in [6.07, 6.45) is 3.55. The molecule has 134 valence electrons. The van der Waals surface area contributed by atoms with E-state index in [1.54, 1.807) is 24.3 Å². The van der Waals surface area contributed by atoms with Crippen LogP contribution in [-0.2, 0) is 17.6 Å². The third-order valence-electron chi connectivity index (χ3n) is 4.65. The number of anilines is 1. The maximum atomic E-state index is 12.3. The SMILES string of the molecule is Cc1cc(NC(=O)CN[C@@H](c2ccc3c(c2)CCC3)c2cccs2)no1. The van der Waals surface area contributed by atoms with Gasteiger partial charge < -0.3 is 9.84 Å². The normalized spacial score (nSPS) is 14.2. The maximum Gasteiger partial charge on any atom is 0.239 e. The molecule has 0 spiro atoms. The summed E-state index contributed by atoms with van der Waals surface area (Å²) < 4.78 is 4.98. The lowest BCUT2D eigenvalue weighted by molar-refractivity contribution is -0.115. The van der Waals surface area contributed by atoms with Crippen molar-refractivity contribution in [2.45, 2.75) is 32.2 Å². The van der Waals surface area contributed by atoms with Gasteiger partial charge in [-0.05, 0) is 54.3 Å². The van der Waals surface area contributed by atoms with Crippen LogP contribution in [0.2, 0.25) is 0 Å². The molecule has 1 aliphatic carbocycles. The van der Waals surface area contributed by atoms with Crippen molar-refractivity contribution in [1.29, 1.82) is 0 Å². The summed E-state index contributed by atoms with van der Waals surface area (Å²) in [6.45, 7) is 1.99. The molecule has 1 aromatic carbocycles. The fourth-order valence-electron chi connectivity index (χ4n) is 3.42. The number of benzene rings is 1. The quantitative estimate of drug-likeness (QED) is 0.694. The Balaban J connectivity index is 1.48. The Morgan fingerprint density at radius 2 is 2.15 bits per heavy atom. The van der Waals surface area contributed by atoms with E-state index in [4.69, 9.17) is 4.52 Å². The topological polar surface area (TPSA) is 67.2 Å². The molecule has 3 aromatic rings. The monoisotopic (exact) mass is 367 g/mol. The van der Waals surface area contributed by atoms with Crippen molar-refractivity contribution in [1.82, 2.24) is 10.5 Å². The Labute approximate surface area is 156 Å². The molecular weight excluding hydrogens is 346 g/mol. The van der Waals surface area contributed by atoms with Crippen LogP contribution < -0.4 is 10.6 Å². The first-order valence-electron chi connectivity index (χ1n) is 8.81. The lowest BCUT2D eigenvalue weighted by atomic mass is 10.00. The predicted octanol–water partition coefficient (Wildman–Crippen LogP) is 3.85. The van der Waals surface area contributed by atoms with E-state index in [-0.39, 0.29) is 18.5 Å². The Bertz CT molecular complexity index is 902. The summed E-state index contributed by atoms with van der Waals surface area (Å²) in [4.78, 5) is 13.5. The summed E-state index contributed by atoms with van der Waals surface area (Å²) >= 11 is 1.70. The summed E-state index contributed by atoms with van der Waals surface area (Å²) in [5.74, 6) is 0.975. The zero-order valence-electron chi connectivity index (χ0n) is 14.6. The van der Waals surface area contributed by atoms with Crippen LogP contribution in [0.5, 0.6) is 0 Å². The number of aromatic nitrogens is 1. The van der Waals surface area contributed by atoms with Crippen molar-refractivity contribution in [2.24, 2.45) is 0 Å². The molecule has 0 radical (unpaired) electrons. The van der Waals surface area contributed by atoms with E-state index in [0.29, 0.717) is 11.6 Å². The molecule has 0 fully saturated rings. The predicted molar refractivity (Wildman–Crippen MR) is 103 cm³/mol. The van der Waals surface area contributed by atoms with Crippen molar-refractivity contribution >= 4 is 23.1 Å². The van der Waals surface area contributed by atoms with Crippen LogP contribution in [0.4, 0.5) is 5.82 Å². The first kappa shape index (κ1) is 17.0. The van der Waals surface area contributed by atoms with Gasteiger partial charge in [-0.1, -0.05) is 29.4 Å². The number of nitrogens with one attached hydrogen (secondary N) is 2. The zero-order chi connectivity index (χ0) is 17.9. The van der Waals surface area contributed by atoms with Crippen LogP contribution in [0, 0.1) is 6.92 Å². The van der Waals surface area contributed by atoms with Crippen LogP contribution >= 0.6 is 11.3 Å². The van der Waals surface area contributed by atoms with E-state index >= 15 is 0 Å². The summed E-state index contributed by atoms with van der Waals surface area (Å²) in [7, 11) is 0. The molecule has 2 N–H and O–H groups in total. The highest BCUT2D eigenvalue weighted by Gasteiger charge is 2.19. The fraction of sp³-hybridized carbons (Fsp3) is 0.300. The van der Waals surface area contributed by atoms with E-state index in [2.05, 4.69) is 45.4 Å². The van der Waals surface area contributed by atoms with Crippen LogP contribution in [0.1, 0.15) is 39.8 Å². The van der Waals surface area contributed by atoms with Crippen LogP contribution in [0.15, 0.2) is 46.3 Å². The van der Waals surface area contributed by atoms with Crippen LogP contribution in [-0.4, -0.2) is 17.6 Å². The van der Waals surface area contributed by atoms with Gasteiger partial charge >= 0.3 is 0 Å². The molecular formula is C20H21N3O2S. The second kappa shape index (κ2) is 7.43. The van der Waals surface area contributed by atoms with Gasteiger partial charge in [-0.2, -0.15) is 0 Å². The molecule has 5 nitrogen and oxygen atoms in total. The van der Waals surface area contributed by atoms with E-state index in [9.17, 15) is 4.79 Å². The summed E-state index contributed by atoms with van der Waals surface area (Å²) in [6, 6.07) is 12.6. The largest absolute Gasteiger partial charge is 0.360 e. The molecule has 6 heteroatoms. The molecule has 4 rings (SSSR count). The standard InChI is InChI=1S/C20H21N3O2S/c1-13-10-18(23-25-13)22-19(24)12-21-20(17-6-3-9-26-17)16-8-7-14-4-2-5-15(14)11-16/h3,6-11,20-21H,2,4-5,12H2,1H3,(H,22,23,24)/t20-/m0/s1. The summed E-state index contributed by atoms with van der Waals surface area (Å²) in [5.41, 5.74) is 4.10. The number of thiophene rings is 1. The van der Waals surface area contributed by atoms with Crippen LogP contribution in [0.25, 0.3) is 0 Å². The summed E-state index contributed by atoms with van der Waals surface area (Å²) in [5, 5.41) is 12.0. The molecule has 1 atom stereocenters. The molecule has 0 saturated heterocycles. The number of carbonyl (C=O) groups excluding carboxylic acids is 1. The highest BCUT2D eigenvalue weighted by Crippen LogP contribution is 2.30. The zero-order valence-corrected chi connectivity index (χ0v) is 15.4. The fourth-order valence-corrected chi connectivity index (χ4v) is 4.24. The van der Waals surface area contributed by atoms with E-state index in [0.717, 1.165) is 6.42 Å². The number of hydrogen-bond donors (Lipinski definition) is 2. The number of aryl methyl sites for hydroxylation is 3. The Kier molecular flexibility index (Phi) is 4.86. The number of fused-ring (bicyclic) bond motifs is 1. The third kappa shape index (κ3) is 3.71. The van der Waals surface area contributed by atoms with Crippen molar-refractivity contribution in [2.75, 3.05) is 11.9 Å². The average molecular weight is 367 g/mol. The Morgan fingerprint density at radius 1 is 1.27 bits per heavy atom. The van der Waals surface area contributed by atoms with Gasteiger partial charge in [-0.15, -0.1) is 11.3 Å². The number of rotatable bonds is 6. The minimum Gasteiger partial charge on any atom is -0.360 e. The smallest absolute Gasteiger partial charge is 0.239 e. The van der Waals surface area contributed by atoms with Crippen molar-refractivity contribution in [3.8, 4) is 0 Å². The molecule has 0 bridgehead atoms. The van der Waals surface area contributed by atoms with Crippen molar-refractivity contribution in [3.63, 3.8) is 0 Å². The van der Waals surface area contributed by atoms with Crippen molar-refractivity contribution in [3.05, 3.63) is 69.1 Å². The van der Waals surface area contributed by atoms with Gasteiger partial charge in [-0.25, -0.2) is 0 Å². The number of nitrogens with zero attached hydrogens (tertiary/aromatic N) is 1. The lowest BCUT2D eigenvalue weighted by Crippen LogP contribution is -2.31.